The van der Waals surface area contributed by atoms with Crippen molar-refractivity contribution >= 4 is 33.5 Å². The van der Waals surface area contributed by atoms with Gasteiger partial charge >= 0.3 is 0 Å². The Morgan fingerprint density at radius 2 is 2.08 bits per heavy atom. The van der Waals surface area contributed by atoms with Crippen LogP contribution in [0.3, 0.4) is 0 Å². The van der Waals surface area contributed by atoms with Gasteiger partial charge in [-0.25, -0.2) is 5.43 Å². The number of halogens is 1. The van der Waals surface area contributed by atoms with Crippen molar-refractivity contribution in [1.29, 1.82) is 0 Å². The van der Waals surface area contributed by atoms with E-state index in [1.54, 1.807) is 19.3 Å². The Labute approximate surface area is 153 Å². The highest BCUT2D eigenvalue weighted by atomic mass is 79.9. The van der Waals surface area contributed by atoms with Gasteiger partial charge in [-0.1, -0.05) is 30.3 Å². The summed E-state index contributed by atoms with van der Waals surface area (Å²) in [6, 6.07) is 11.4. The Morgan fingerprint density at radius 3 is 2.80 bits per heavy atom. The van der Waals surface area contributed by atoms with E-state index < -0.39 is 11.8 Å². The first-order valence-electron chi connectivity index (χ1n) is 7.84. The van der Waals surface area contributed by atoms with Gasteiger partial charge in [0.05, 0.1) is 5.71 Å². The van der Waals surface area contributed by atoms with Crippen LogP contribution in [0.5, 0.6) is 0 Å². The summed E-state index contributed by atoms with van der Waals surface area (Å²) in [6.07, 6.45) is 3.33. The van der Waals surface area contributed by atoms with Crippen molar-refractivity contribution in [2.45, 2.75) is 12.8 Å². The average molecular weight is 401 g/mol. The Hall–Kier alpha value is -2.54. The van der Waals surface area contributed by atoms with Gasteiger partial charge in [0.15, 0.2) is 0 Å². The van der Waals surface area contributed by atoms with Gasteiger partial charge in [0, 0.05) is 34.9 Å². The maximum absolute atomic E-state index is 12.5. The number of amides is 2. The number of pyridine rings is 1. The molecule has 2 heterocycles. The van der Waals surface area contributed by atoms with Crippen molar-refractivity contribution in [2.75, 3.05) is 6.54 Å². The topological polar surface area (TPSA) is 83.5 Å². The molecule has 6 nitrogen and oxygen atoms in total. The molecule has 1 fully saturated rings. The monoisotopic (exact) mass is 400 g/mol. The lowest BCUT2D eigenvalue weighted by atomic mass is 9.88. The summed E-state index contributed by atoms with van der Waals surface area (Å²) in [6.45, 7) is 2.21. The van der Waals surface area contributed by atoms with Crippen molar-refractivity contribution in [3.8, 4) is 0 Å². The van der Waals surface area contributed by atoms with Gasteiger partial charge in [-0.05, 0) is 34.5 Å². The van der Waals surface area contributed by atoms with Crippen LogP contribution in [0.1, 0.15) is 24.0 Å². The zero-order valence-corrected chi connectivity index (χ0v) is 15.2. The van der Waals surface area contributed by atoms with E-state index in [9.17, 15) is 9.59 Å². The highest BCUT2D eigenvalue weighted by Gasteiger charge is 2.40. The maximum Gasteiger partial charge on any atom is 0.253 e. The molecule has 2 atom stereocenters. The number of hydrogen-bond donors (Lipinski definition) is 2. The third-order valence-corrected chi connectivity index (χ3v) is 4.58. The molecule has 0 saturated carbocycles. The highest BCUT2D eigenvalue weighted by molar-refractivity contribution is 9.10. The van der Waals surface area contributed by atoms with E-state index in [4.69, 9.17) is 0 Å². The zero-order chi connectivity index (χ0) is 17.8. The minimum atomic E-state index is -0.792. The summed E-state index contributed by atoms with van der Waals surface area (Å²) in [4.78, 5) is 28.7. The number of nitrogens with zero attached hydrogens (tertiary/aromatic N) is 2. The van der Waals surface area contributed by atoms with Crippen LogP contribution in [-0.4, -0.2) is 29.1 Å². The van der Waals surface area contributed by atoms with Crippen LogP contribution in [0.25, 0.3) is 0 Å². The Kier molecular flexibility index (Phi) is 5.23. The molecule has 0 spiro atoms. The second-order valence-corrected chi connectivity index (χ2v) is 6.72. The van der Waals surface area contributed by atoms with E-state index in [-0.39, 0.29) is 11.8 Å². The van der Waals surface area contributed by atoms with Gasteiger partial charge in [0.2, 0.25) is 5.91 Å². The molecule has 1 aliphatic rings. The van der Waals surface area contributed by atoms with Crippen molar-refractivity contribution in [3.63, 3.8) is 0 Å². The average Bonchev–Trinajstić information content (AvgIpc) is 3.02. The van der Waals surface area contributed by atoms with Crippen LogP contribution in [0, 0.1) is 5.92 Å². The number of hydrazone groups is 1. The number of aromatic nitrogens is 1. The van der Waals surface area contributed by atoms with E-state index in [1.807, 2.05) is 36.4 Å². The number of carbonyl (C=O) groups excluding carboxylic acids is 2. The zero-order valence-electron chi connectivity index (χ0n) is 13.6. The summed E-state index contributed by atoms with van der Waals surface area (Å²) in [5, 5.41) is 6.88. The fraction of sp³-hybridized carbons (Fsp3) is 0.222. The van der Waals surface area contributed by atoms with Gasteiger partial charge in [0.25, 0.3) is 5.91 Å². The standard InChI is InChI=1S/C18H17BrN4O2/c1-11(13-7-14(19)9-20-8-13)22-23-18(25)16-15(10-21-17(16)24)12-5-3-2-4-6-12/h2-9,15-16H,10H2,1H3,(H,21,24)(H,23,25). The molecule has 25 heavy (non-hydrogen) atoms. The van der Waals surface area contributed by atoms with Crippen molar-refractivity contribution in [1.82, 2.24) is 15.7 Å². The lowest BCUT2D eigenvalue weighted by Crippen LogP contribution is -2.35. The van der Waals surface area contributed by atoms with Crippen molar-refractivity contribution < 1.29 is 9.59 Å². The number of rotatable bonds is 4. The molecule has 1 saturated heterocycles. The molecule has 0 radical (unpaired) electrons. The van der Waals surface area contributed by atoms with Crippen LogP contribution in [0.4, 0.5) is 0 Å². The van der Waals surface area contributed by atoms with E-state index in [2.05, 4.69) is 36.8 Å². The second kappa shape index (κ2) is 7.57. The molecule has 2 aromatic rings. The molecule has 2 amide bonds. The normalized spacial score (nSPS) is 20.2. The van der Waals surface area contributed by atoms with Gasteiger partial charge in [0.1, 0.15) is 5.92 Å². The largest absolute Gasteiger partial charge is 0.355 e. The molecule has 2 N–H and O–H groups in total. The molecule has 0 bridgehead atoms. The molecule has 0 aliphatic carbocycles. The second-order valence-electron chi connectivity index (χ2n) is 5.81. The number of benzene rings is 1. The van der Waals surface area contributed by atoms with Gasteiger partial charge in [-0.3, -0.25) is 14.6 Å². The van der Waals surface area contributed by atoms with E-state index in [0.29, 0.717) is 12.3 Å². The third kappa shape index (κ3) is 3.93. The summed E-state index contributed by atoms with van der Waals surface area (Å²) < 4.78 is 0.824. The molecular formula is C18H17BrN4O2. The van der Waals surface area contributed by atoms with E-state index >= 15 is 0 Å². The van der Waals surface area contributed by atoms with Gasteiger partial charge in [-0.15, -0.1) is 0 Å². The first-order valence-corrected chi connectivity index (χ1v) is 8.63. The maximum atomic E-state index is 12.5. The molecule has 1 aromatic carbocycles. The van der Waals surface area contributed by atoms with Crippen LogP contribution in [0.2, 0.25) is 0 Å². The molecule has 128 valence electrons. The molecular weight excluding hydrogens is 384 g/mol. The first kappa shape index (κ1) is 17.3. The van der Waals surface area contributed by atoms with Crippen LogP contribution >= 0.6 is 15.9 Å². The number of nitrogens with one attached hydrogen (secondary N) is 2. The van der Waals surface area contributed by atoms with Gasteiger partial charge < -0.3 is 5.32 Å². The number of hydrogen-bond acceptors (Lipinski definition) is 4. The van der Waals surface area contributed by atoms with Crippen LogP contribution in [-0.2, 0) is 9.59 Å². The minimum absolute atomic E-state index is 0.197. The summed E-state index contributed by atoms with van der Waals surface area (Å²) in [5.41, 5.74) is 4.86. The Balaban J connectivity index is 1.75. The van der Waals surface area contributed by atoms with Crippen molar-refractivity contribution in [3.05, 3.63) is 64.4 Å². The fourth-order valence-corrected chi connectivity index (χ4v) is 3.18. The van der Waals surface area contributed by atoms with Crippen LogP contribution < -0.4 is 10.7 Å². The summed E-state index contributed by atoms with van der Waals surface area (Å²) >= 11 is 3.35. The molecule has 7 heteroatoms. The highest BCUT2D eigenvalue weighted by Crippen LogP contribution is 2.29. The quantitative estimate of drug-likeness (QED) is 0.468. The SMILES string of the molecule is CC(=NNC(=O)C1C(=O)NCC1c1ccccc1)c1cncc(Br)c1. The molecule has 1 aliphatic heterocycles. The third-order valence-electron chi connectivity index (χ3n) is 4.15. The smallest absolute Gasteiger partial charge is 0.253 e. The predicted molar refractivity (Wildman–Crippen MR) is 98.0 cm³/mol. The summed E-state index contributed by atoms with van der Waals surface area (Å²) in [5.74, 6) is -1.68. The van der Waals surface area contributed by atoms with Crippen LogP contribution in [0.15, 0.2) is 58.4 Å². The fourth-order valence-electron chi connectivity index (χ4n) is 2.82. The predicted octanol–water partition coefficient (Wildman–Crippen LogP) is 2.21. The molecule has 3 rings (SSSR count). The van der Waals surface area contributed by atoms with E-state index in [1.165, 1.54) is 0 Å². The van der Waals surface area contributed by atoms with Crippen molar-refractivity contribution in [2.24, 2.45) is 11.0 Å². The lowest BCUT2D eigenvalue weighted by molar-refractivity contribution is -0.133. The summed E-state index contributed by atoms with van der Waals surface area (Å²) in [7, 11) is 0. The first-order chi connectivity index (χ1) is 12.1. The lowest BCUT2D eigenvalue weighted by Gasteiger charge is -2.15. The van der Waals surface area contributed by atoms with Gasteiger partial charge in [-0.2, -0.15) is 5.10 Å². The Morgan fingerprint density at radius 1 is 1.32 bits per heavy atom. The van der Waals surface area contributed by atoms with E-state index in [0.717, 1.165) is 15.6 Å². The Bertz CT molecular complexity index is 823. The number of carbonyl (C=O) groups is 2. The molecule has 2 unspecified atom stereocenters. The minimum Gasteiger partial charge on any atom is -0.355 e. The molecule has 1 aromatic heterocycles.